The highest BCUT2D eigenvalue weighted by atomic mass is 16.5. The van der Waals surface area contributed by atoms with Crippen molar-refractivity contribution < 1.29 is 14.6 Å². The number of likely N-dealkylation sites (tertiary alicyclic amines) is 1. The van der Waals surface area contributed by atoms with Gasteiger partial charge >= 0.3 is 0 Å². The van der Waals surface area contributed by atoms with Crippen molar-refractivity contribution in [3.63, 3.8) is 0 Å². The predicted octanol–water partition coefficient (Wildman–Crippen LogP) is 2.02. The van der Waals surface area contributed by atoms with E-state index in [0.29, 0.717) is 13.2 Å². The molecule has 0 radical (unpaired) electrons. The molecule has 0 aliphatic carbocycles. The van der Waals surface area contributed by atoms with Crippen molar-refractivity contribution in [2.75, 3.05) is 33.4 Å². The van der Waals surface area contributed by atoms with Gasteiger partial charge in [-0.15, -0.1) is 0 Å². The van der Waals surface area contributed by atoms with Crippen molar-refractivity contribution in [3.05, 3.63) is 23.8 Å². The van der Waals surface area contributed by atoms with E-state index in [1.54, 1.807) is 7.11 Å². The maximum Gasteiger partial charge on any atom is 0.194 e. The number of piperidine rings is 1. The number of aliphatic hydroxyl groups is 1. The zero-order valence-electron chi connectivity index (χ0n) is 14.9. The minimum atomic E-state index is -0.181. The molecule has 1 heterocycles. The van der Waals surface area contributed by atoms with E-state index in [1.165, 1.54) is 0 Å². The van der Waals surface area contributed by atoms with Gasteiger partial charge in [0.2, 0.25) is 0 Å². The summed E-state index contributed by atoms with van der Waals surface area (Å²) in [4.78, 5) is 6.95. The van der Waals surface area contributed by atoms with E-state index < -0.39 is 0 Å². The normalized spacial score (nSPS) is 16.2. The third-order valence-electron chi connectivity index (χ3n) is 4.04. The SMILES string of the molecule is CCNC(=NCc1ccc(OC)c(OCC)c1)N1CCC(O)CC1. The molecule has 1 saturated heterocycles. The molecule has 134 valence electrons. The quantitative estimate of drug-likeness (QED) is 0.615. The van der Waals surface area contributed by atoms with Crippen LogP contribution in [0.5, 0.6) is 11.5 Å². The molecular weight excluding hydrogens is 306 g/mol. The molecule has 2 rings (SSSR count). The Hall–Kier alpha value is -1.95. The van der Waals surface area contributed by atoms with Gasteiger partial charge in [0, 0.05) is 19.6 Å². The highest BCUT2D eigenvalue weighted by Gasteiger charge is 2.19. The van der Waals surface area contributed by atoms with Crippen LogP contribution in [0.2, 0.25) is 0 Å². The highest BCUT2D eigenvalue weighted by Crippen LogP contribution is 2.28. The second-order valence-electron chi connectivity index (χ2n) is 5.81. The Bertz CT molecular complexity index is 540. The van der Waals surface area contributed by atoms with E-state index in [1.807, 2.05) is 25.1 Å². The number of methoxy groups -OCH3 is 1. The highest BCUT2D eigenvalue weighted by molar-refractivity contribution is 5.80. The summed E-state index contributed by atoms with van der Waals surface area (Å²) in [6.45, 7) is 7.69. The van der Waals surface area contributed by atoms with Gasteiger partial charge in [0.25, 0.3) is 0 Å². The monoisotopic (exact) mass is 335 g/mol. The summed E-state index contributed by atoms with van der Waals surface area (Å²) in [6.07, 6.45) is 1.41. The fourth-order valence-corrected chi connectivity index (χ4v) is 2.76. The molecule has 1 aliphatic rings. The van der Waals surface area contributed by atoms with E-state index in [0.717, 1.165) is 55.5 Å². The molecule has 0 atom stereocenters. The van der Waals surface area contributed by atoms with E-state index >= 15 is 0 Å². The average molecular weight is 335 g/mol. The van der Waals surface area contributed by atoms with Crippen LogP contribution in [0.25, 0.3) is 0 Å². The molecule has 0 bridgehead atoms. The zero-order valence-corrected chi connectivity index (χ0v) is 14.9. The predicted molar refractivity (Wildman–Crippen MR) is 95.8 cm³/mol. The first-order valence-electron chi connectivity index (χ1n) is 8.69. The van der Waals surface area contributed by atoms with Crippen LogP contribution in [0.3, 0.4) is 0 Å². The molecule has 2 N–H and O–H groups in total. The Morgan fingerprint density at radius 2 is 2.04 bits per heavy atom. The molecule has 0 aromatic heterocycles. The van der Waals surface area contributed by atoms with E-state index in [9.17, 15) is 5.11 Å². The van der Waals surface area contributed by atoms with Crippen LogP contribution < -0.4 is 14.8 Å². The van der Waals surface area contributed by atoms with Gasteiger partial charge in [-0.05, 0) is 44.4 Å². The summed E-state index contributed by atoms with van der Waals surface area (Å²) in [7, 11) is 1.64. The smallest absolute Gasteiger partial charge is 0.194 e. The molecule has 1 fully saturated rings. The Morgan fingerprint density at radius 3 is 2.67 bits per heavy atom. The minimum absolute atomic E-state index is 0.181. The molecule has 0 spiro atoms. The van der Waals surface area contributed by atoms with Gasteiger partial charge < -0.3 is 24.8 Å². The van der Waals surface area contributed by atoms with E-state index in [2.05, 4.69) is 17.1 Å². The van der Waals surface area contributed by atoms with Crippen LogP contribution in [0.4, 0.5) is 0 Å². The zero-order chi connectivity index (χ0) is 17.4. The van der Waals surface area contributed by atoms with Crippen molar-refractivity contribution in [1.82, 2.24) is 10.2 Å². The van der Waals surface area contributed by atoms with Gasteiger partial charge in [0.05, 0.1) is 26.4 Å². The number of hydrogen-bond acceptors (Lipinski definition) is 4. The van der Waals surface area contributed by atoms with Crippen LogP contribution in [-0.2, 0) is 6.54 Å². The van der Waals surface area contributed by atoms with Crippen LogP contribution in [0.1, 0.15) is 32.3 Å². The number of ether oxygens (including phenoxy) is 2. The number of nitrogens with one attached hydrogen (secondary N) is 1. The van der Waals surface area contributed by atoms with Gasteiger partial charge in [0.15, 0.2) is 17.5 Å². The maximum atomic E-state index is 9.66. The lowest BCUT2D eigenvalue weighted by Crippen LogP contribution is -2.46. The molecule has 1 aliphatic heterocycles. The van der Waals surface area contributed by atoms with Crippen LogP contribution in [0, 0.1) is 0 Å². The van der Waals surface area contributed by atoms with Gasteiger partial charge in [-0.2, -0.15) is 0 Å². The number of nitrogens with zero attached hydrogens (tertiary/aromatic N) is 2. The Morgan fingerprint density at radius 1 is 1.29 bits per heavy atom. The van der Waals surface area contributed by atoms with Crippen molar-refractivity contribution in [2.45, 2.75) is 39.3 Å². The number of guanidine groups is 1. The summed E-state index contributed by atoms with van der Waals surface area (Å²) in [5, 5.41) is 13.0. The van der Waals surface area contributed by atoms with Gasteiger partial charge in [-0.3, -0.25) is 0 Å². The third kappa shape index (κ3) is 5.03. The summed E-state index contributed by atoms with van der Waals surface area (Å²) in [5.74, 6) is 2.39. The standard InChI is InChI=1S/C18H29N3O3/c1-4-19-18(21-10-8-15(22)9-11-21)20-13-14-6-7-16(23-3)17(12-14)24-5-2/h6-7,12,15,22H,4-5,8-11,13H2,1-3H3,(H,19,20). The lowest BCUT2D eigenvalue weighted by Gasteiger charge is -2.32. The molecule has 6 nitrogen and oxygen atoms in total. The first-order valence-corrected chi connectivity index (χ1v) is 8.69. The molecule has 0 saturated carbocycles. The minimum Gasteiger partial charge on any atom is -0.493 e. The van der Waals surface area contributed by atoms with Gasteiger partial charge in [-0.25, -0.2) is 4.99 Å². The van der Waals surface area contributed by atoms with Crippen molar-refractivity contribution in [1.29, 1.82) is 0 Å². The molecular formula is C18H29N3O3. The molecule has 0 amide bonds. The van der Waals surface area contributed by atoms with Gasteiger partial charge in [-0.1, -0.05) is 6.07 Å². The van der Waals surface area contributed by atoms with Crippen molar-refractivity contribution in [3.8, 4) is 11.5 Å². The Balaban J connectivity index is 2.09. The Kier molecular flexibility index (Phi) is 7.18. The number of hydrogen-bond donors (Lipinski definition) is 2. The number of rotatable bonds is 6. The molecule has 24 heavy (non-hydrogen) atoms. The second kappa shape index (κ2) is 9.37. The fraction of sp³-hybridized carbons (Fsp3) is 0.611. The molecule has 1 aromatic rings. The molecule has 0 unspecified atom stereocenters. The van der Waals surface area contributed by atoms with Crippen LogP contribution in [0.15, 0.2) is 23.2 Å². The average Bonchev–Trinajstić information content (AvgIpc) is 2.60. The fourth-order valence-electron chi connectivity index (χ4n) is 2.76. The summed E-state index contributed by atoms with van der Waals surface area (Å²) in [6, 6.07) is 5.91. The summed E-state index contributed by atoms with van der Waals surface area (Å²) >= 11 is 0. The Labute approximate surface area is 144 Å². The van der Waals surface area contributed by atoms with Gasteiger partial charge in [0.1, 0.15) is 0 Å². The lowest BCUT2D eigenvalue weighted by molar-refractivity contribution is 0.108. The third-order valence-corrected chi connectivity index (χ3v) is 4.04. The van der Waals surface area contributed by atoms with E-state index in [4.69, 9.17) is 14.5 Å². The summed E-state index contributed by atoms with van der Waals surface area (Å²) in [5.41, 5.74) is 1.08. The van der Waals surface area contributed by atoms with Crippen molar-refractivity contribution >= 4 is 5.96 Å². The van der Waals surface area contributed by atoms with E-state index in [-0.39, 0.29) is 6.10 Å². The van der Waals surface area contributed by atoms with Crippen LogP contribution >= 0.6 is 0 Å². The number of aliphatic hydroxyl groups excluding tert-OH is 1. The largest absolute Gasteiger partial charge is 0.493 e. The first kappa shape index (κ1) is 18.4. The maximum absolute atomic E-state index is 9.66. The number of aliphatic imine (C=N–C) groups is 1. The first-order chi connectivity index (χ1) is 11.7. The molecule has 6 heteroatoms. The lowest BCUT2D eigenvalue weighted by atomic mass is 10.1. The van der Waals surface area contributed by atoms with Crippen molar-refractivity contribution in [2.24, 2.45) is 4.99 Å². The summed E-state index contributed by atoms with van der Waals surface area (Å²) < 4.78 is 10.9. The topological polar surface area (TPSA) is 66.3 Å². The van der Waals surface area contributed by atoms with Crippen LogP contribution in [-0.4, -0.2) is 55.4 Å². The second-order valence-corrected chi connectivity index (χ2v) is 5.81. The molecule has 1 aromatic carbocycles. The number of benzene rings is 1.